The molecule has 4 nitrogen and oxygen atoms in total. The molecule has 0 radical (unpaired) electrons. The molecule has 0 spiro atoms. The van der Waals surface area contributed by atoms with Crippen LogP contribution in [0.3, 0.4) is 0 Å². The standard InChI is InChI=1S/C10H14BrN3O/c1-3-5-12-10(15)9(4-2)14-7-8(11)6-13-14/h3,6-7,9H,1,4-5H2,2H3,(H,12,15). The molecular formula is C10H14BrN3O. The van der Waals surface area contributed by atoms with Gasteiger partial charge in [0.1, 0.15) is 6.04 Å². The Labute approximate surface area is 97.5 Å². The third-order valence-electron chi connectivity index (χ3n) is 2.00. The van der Waals surface area contributed by atoms with Crippen molar-refractivity contribution in [3.63, 3.8) is 0 Å². The normalized spacial score (nSPS) is 12.1. The first kappa shape index (κ1) is 12.0. The summed E-state index contributed by atoms with van der Waals surface area (Å²) in [4.78, 5) is 11.7. The van der Waals surface area contributed by atoms with Crippen molar-refractivity contribution in [2.45, 2.75) is 19.4 Å². The van der Waals surface area contributed by atoms with Crippen molar-refractivity contribution in [2.24, 2.45) is 0 Å². The second-order valence-electron chi connectivity index (χ2n) is 3.10. The molecule has 1 heterocycles. The van der Waals surface area contributed by atoms with Gasteiger partial charge in [0.2, 0.25) is 5.91 Å². The number of nitrogens with zero attached hydrogens (tertiary/aromatic N) is 2. The van der Waals surface area contributed by atoms with Crippen LogP contribution in [0.15, 0.2) is 29.5 Å². The van der Waals surface area contributed by atoms with Gasteiger partial charge in [-0.2, -0.15) is 5.10 Å². The summed E-state index contributed by atoms with van der Waals surface area (Å²) in [7, 11) is 0. The van der Waals surface area contributed by atoms with Crippen LogP contribution in [-0.4, -0.2) is 22.2 Å². The molecule has 5 heteroatoms. The van der Waals surface area contributed by atoms with Crippen LogP contribution in [0.4, 0.5) is 0 Å². The van der Waals surface area contributed by atoms with E-state index in [1.54, 1.807) is 23.2 Å². The molecule has 1 amide bonds. The van der Waals surface area contributed by atoms with Gasteiger partial charge in [0, 0.05) is 12.7 Å². The monoisotopic (exact) mass is 271 g/mol. The summed E-state index contributed by atoms with van der Waals surface area (Å²) in [6.07, 6.45) is 5.83. The van der Waals surface area contributed by atoms with Crippen LogP contribution in [0.1, 0.15) is 19.4 Å². The van der Waals surface area contributed by atoms with Crippen LogP contribution in [0.2, 0.25) is 0 Å². The van der Waals surface area contributed by atoms with Crippen LogP contribution in [0.25, 0.3) is 0 Å². The van der Waals surface area contributed by atoms with Crippen LogP contribution in [0, 0.1) is 0 Å². The summed E-state index contributed by atoms with van der Waals surface area (Å²) in [6.45, 7) is 5.99. The molecule has 0 aromatic carbocycles. The van der Waals surface area contributed by atoms with Crippen molar-refractivity contribution in [2.75, 3.05) is 6.54 Å². The highest BCUT2D eigenvalue weighted by atomic mass is 79.9. The summed E-state index contributed by atoms with van der Waals surface area (Å²) in [5, 5.41) is 6.86. The zero-order valence-electron chi connectivity index (χ0n) is 8.61. The molecule has 82 valence electrons. The number of hydrogen-bond donors (Lipinski definition) is 1. The minimum atomic E-state index is -0.253. The predicted molar refractivity (Wildman–Crippen MR) is 62.5 cm³/mol. The number of hydrogen-bond acceptors (Lipinski definition) is 2. The Morgan fingerprint density at radius 3 is 3.07 bits per heavy atom. The highest BCUT2D eigenvalue weighted by Gasteiger charge is 2.18. The Morgan fingerprint density at radius 2 is 2.60 bits per heavy atom. The van der Waals surface area contributed by atoms with Gasteiger partial charge in [-0.15, -0.1) is 6.58 Å². The lowest BCUT2D eigenvalue weighted by Crippen LogP contribution is -2.32. The van der Waals surface area contributed by atoms with Gasteiger partial charge in [0.25, 0.3) is 0 Å². The molecule has 0 saturated carbocycles. The zero-order valence-corrected chi connectivity index (χ0v) is 10.2. The number of aromatic nitrogens is 2. The van der Waals surface area contributed by atoms with E-state index in [9.17, 15) is 4.79 Å². The minimum Gasteiger partial charge on any atom is -0.351 e. The Kier molecular flexibility index (Phi) is 4.55. The summed E-state index contributed by atoms with van der Waals surface area (Å²) in [5.41, 5.74) is 0. The van der Waals surface area contributed by atoms with E-state index in [4.69, 9.17) is 0 Å². The van der Waals surface area contributed by atoms with Crippen LogP contribution >= 0.6 is 15.9 Å². The topological polar surface area (TPSA) is 46.9 Å². The predicted octanol–water partition coefficient (Wildman–Crippen LogP) is 1.90. The van der Waals surface area contributed by atoms with Gasteiger partial charge in [-0.05, 0) is 22.4 Å². The maximum absolute atomic E-state index is 11.7. The number of halogens is 1. The first-order chi connectivity index (χ1) is 7.19. The van der Waals surface area contributed by atoms with Crippen molar-refractivity contribution in [3.8, 4) is 0 Å². The van der Waals surface area contributed by atoms with Gasteiger partial charge in [-0.3, -0.25) is 9.48 Å². The lowest BCUT2D eigenvalue weighted by atomic mass is 10.2. The molecule has 0 fully saturated rings. The Morgan fingerprint density at radius 1 is 1.87 bits per heavy atom. The SMILES string of the molecule is C=CCNC(=O)C(CC)n1cc(Br)cn1. The minimum absolute atomic E-state index is 0.0343. The molecule has 1 unspecified atom stereocenters. The van der Waals surface area contributed by atoms with E-state index in [1.165, 1.54) is 0 Å². The third kappa shape index (κ3) is 3.20. The number of amides is 1. The smallest absolute Gasteiger partial charge is 0.245 e. The Hall–Kier alpha value is -1.10. The third-order valence-corrected chi connectivity index (χ3v) is 2.41. The van der Waals surface area contributed by atoms with Gasteiger partial charge < -0.3 is 5.32 Å². The molecule has 0 aliphatic heterocycles. The van der Waals surface area contributed by atoms with E-state index in [0.717, 1.165) is 4.47 Å². The number of carbonyl (C=O) groups excluding carboxylic acids is 1. The lowest BCUT2D eigenvalue weighted by molar-refractivity contribution is -0.124. The average molecular weight is 272 g/mol. The molecule has 0 bridgehead atoms. The highest BCUT2D eigenvalue weighted by Crippen LogP contribution is 2.14. The first-order valence-electron chi connectivity index (χ1n) is 4.77. The van der Waals surface area contributed by atoms with E-state index >= 15 is 0 Å². The van der Waals surface area contributed by atoms with Crippen LogP contribution < -0.4 is 5.32 Å². The van der Waals surface area contributed by atoms with E-state index in [1.807, 2.05) is 6.92 Å². The molecule has 1 N–H and O–H groups in total. The number of carbonyl (C=O) groups is 1. The van der Waals surface area contributed by atoms with Crippen LogP contribution in [-0.2, 0) is 4.79 Å². The van der Waals surface area contributed by atoms with Gasteiger partial charge in [0.05, 0.1) is 10.7 Å². The molecule has 1 rings (SSSR count). The highest BCUT2D eigenvalue weighted by molar-refractivity contribution is 9.10. The lowest BCUT2D eigenvalue weighted by Gasteiger charge is -2.14. The van der Waals surface area contributed by atoms with E-state index in [0.29, 0.717) is 13.0 Å². The Bertz CT molecular complexity index is 348. The van der Waals surface area contributed by atoms with Crippen molar-refractivity contribution in [3.05, 3.63) is 29.5 Å². The van der Waals surface area contributed by atoms with Gasteiger partial charge in [-0.25, -0.2) is 0 Å². The summed E-state index contributed by atoms with van der Waals surface area (Å²) < 4.78 is 2.53. The molecule has 0 aliphatic rings. The fourth-order valence-electron chi connectivity index (χ4n) is 1.27. The fourth-order valence-corrected chi connectivity index (χ4v) is 1.57. The van der Waals surface area contributed by atoms with E-state index in [-0.39, 0.29) is 11.9 Å². The van der Waals surface area contributed by atoms with E-state index < -0.39 is 0 Å². The molecule has 15 heavy (non-hydrogen) atoms. The van der Waals surface area contributed by atoms with Gasteiger partial charge >= 0.3 is 0 Å². The quantitative estimate of drug-likeness (QED) is 0.832. The van der Waals surface area contributed by atoms with Crippen LogP contribution in [0.5, 0.6) is 0 Å². The second kappa shape index (κ2) is 5.70. The number of nitrogens with one attached hydrogen (secondary N) is 1. The molecule has 0 aliphatic carbocycles. The molecule has 1 atom stereocenters. The Balaban J connectivity index is 2.70. The first-order valence-corrected chi connectivity index (χ1v) is 5.56. The second-order valence-corrected chi connectivity index (χ2v) is 4.01. The maximum atomic E-state index is 11.7. The summed E-state index contributed by atoms with van der Waals surface area (Å²) >= 11 is 3.30. The molecule has 1 aromatic rings. The largest absolute Gasteiger partial charge is 0.351 e. The van der Waals surface area contributed by atoms with Crippen molar-refractivity contribution in [1.82, 2.24) is 15.1 Å². The van der Waals surface area contributed by atoms with Crippen molar-refractivity contribution >= 4 is 21.8 Å². The maximum Gasteiger partial charge on any atom is 0.245 e. The molecule has 0 saturated heterocycles. The number of rotatable bonds is 5. The fraction of sp³-hybridized carbons (Fsp3) is 0.400. The average Bonchev–Trinajstić information content (AvgIpc) is 2.63. The molecule has 1 aromatic heterocycles. The van der Waals surface area contributed by atoms with Crippen molar-refractivity contribution < 1.29 is 4.79 Å². The summed E-state index contributed by atoms with van der Waals surface area (Å²) in [5.74, 6) is -0.0343. The van der Waals surface area contributed by atoms with Gasteiger partial charge in [0.15, 0.2) is 0 Å². The zero-order chi connectivity index (χ0) is 11.3. The molecular weight excluding hydrogens is 258 g/mol. The van der Waals surface area contributed by atoms with Crippen molar-refractivity contribution in [1.29, 1.82) is 0 Å². The summed E-state index contributed by atoms with van der Waals surface area (Å²) in [6, 6.07) is -0.253. The van der Waals surface area contributed by atoms with E-state index in [2.05, 4.69) is 32.9 Å². The van der Waals surface area contributed by atoms with Gasteiger partial charge in [-0.1, -0.05) is 13.0 Å².